The number of hydrogen-bond donors (Lipinski definition) is 0. The fraction of sp³-hybridized carbons (Fsp3) is 0.476. The van der Waals surface area contributed by atoms with Gasteiger partial charge in [0.15, 0.2) is 5.13 Å². The first-order valence-corrected chi connectivity index (χ1v) is 10.9. The summed E-state index contributed by atoms with van der Waals surface area (Å²) in [6.45, 7) is 12.1. The maximum atomic E-state index is 13.5. The van der Waals surface area contributed by atoms with Crippen LogP contribution in [0.15, 0.2) is 24.3 Å². The number of fused-ring (bicyclic) bond motifs is 1. The van der Waals surface area contributed by atoms with Gasteiger partial charge < -0.3 is 9.64 Å². The summed E-state index contributed by atoms with van der Waals surface area (Å²) in [6.07, 6.45) is 0. The van der Waals surface area contributed by atoms with Gasteiger partial charge in [0.25, 0.3) is 5.91 Å². The molecule has 2 heterocycles. The normalized spacial score (nSPS) is 11.4. The number of carbonyl (C=O) groups excluding carboxylic acids is 1. The van der Waals surface area contributed by atoms with Crippen LogP contribution in [0.3, 0.4) is 0 Å². The average Bonchev–Trinajstić information content (AvgIpc) is 3.33. The third kappa shape index (κ3) is 4.59. The number of benzene rings is 1. The van der Waals surface area contributed by atoms with Crippen LogP contribution in [0.2, 0.25) is 0 Å². The lowest BCUT2D eigenvalue weighted by atomic mass is 10.3. The van der Waals surface area contributed by atoms with E-state index in [4.69, 9.17) is 9.72 Å². The molecule has 0 spiro atoms. The topological polar surface area (TPSA) is 63.5 Å². The maximum absolute atomic E-state index is 13.5. The molecule has 0 N–H and O–H groups in total. The number of ether oxygens (including phenoxy) is 1. The van der Waals surface area contributed by atoms with Crippen molar-refractivity contribution < 1.29 is 9.53 Å². The molecule has 8 heteroatoms. The van der Waals surface area contributed by atoms with Gasteiger partial charge in [-0.3, -0.25) is 14.4 Å². The smallest absolute Gasteiger partial charge is 0.278 e. The number of aryl methyl sites for hydroxylation is 2. The van der Waals surface area contributed by atoms with E-state index in [0.717, 1.165) is 41.3 Å². The summed E-state index contributed by atoms with van der Waals surface area (Å²) in [4.78, 5) is 22.4. The molecule has 0 unspecified atom stereocenters. The number of amides is 1. The number of methoxy groups -OCH3 is 1. The molecular formula is C21H29N5O2S. The number of anilines is 1. The SMILES string of the molecule is CCN(CC)CCN(C(=O)c1cc(C)nn1CC)c1nc2ccc(OC)cc2s1. The number of carbonyl (C=O) groups is 1. The highest BCUT2D eigenvalue weighted by molar-refractivity contribution is 7.22. The standard InChI is InChI=1S/C21H29N5O2S/c1-6-24(7-2)11-12-25(20(27)18-13-15(4)23-26(18)8-3)21-22-17-10-9-16(28-5)14-19(17)29-21/h9-10,13-14H,6-8,11-12H2,1-5H3. The second kappa shape index (κ2) is 9.37. The van der Waals surface area contributed by atoms with Gasteiger partial charge in [-0.2, -0.15) is 5.10 Å². The van der Waals surface area contributed by atoms with Crippen molar-refractivity contribution in [3.05, 3.63) is 35.7 Å². The van der Waals surface area contributed by atoms with E-state index in [0.29, 0.717) is 23.9 Å². The summed E-state index contributed by atoms with van der Waals surface area (Å²) >= 11 is 1.51. The van der Waals surface area contributed by atoms with E-state index in [9.17, 15) is 4.79 Å². The van der Waals surface area contributed by atoms with E-state index < -0.39 is 0 Å². The first-order valence-electron chi connectivity index (χ1n) is 10.0. The molecule has 29 heavy (non-hydrogen) atoms. The molecule has 0 aliphatic heterocycles. The predicted octanol–water partition coefficient (Wildman–Crippen LogP) is 3.82. The molecule has 0 radical (unpaired) electrons. The van der Waals surface area contributed by atoms with Gasteiger partial charge in [-0.05, 0) is 51.2 Å². The summed E-state index contributed by atoms with van der Waals surface area (Å²) < 4.78 is 8.09. The summed E-state index contributed by atoms with van der Waals surface area (Å²) in [5.74, 6) is 0.721. The van der Waals surface area contributed by atoms with Gasteiger partial charge in [0, 0.05) is 19.6 Å². The van der Waals surface area contributed by atoms with Gasteiger partial charge in [0.1, 0.15) is 11.4 Å². The van der Waals surface area contributed by atoms with E-state index in [2.05, 4.69) is 23.8 Å². The van der Waals surface area contributed by atoms with Gasteiger partial charge in [-0.25, -0.2) is 4.98 Å². The number of hydrogen-bond acceptors (Lipinski definition) is 6. The fourth-order valence-corrected chi connectivity index (χ4v) is 4.32. The summed E-state index contributed by atoms with van der Waals surface area (Å²) in [5, 5.41) is 5.15. The van der Waals surface area contributed by atoms with Gasteiger partial charge in [-0.15, -0.1) is 0 Å². The Morgan fingerprint density at radius 1 is 1.17 bits per heavy atom. The van der Waals surface area contributed by atoms with E-state index in [1.165, 1.54) is 11.3 Å². The van der Waals surface area contributed by atoms with E-state index in [-0.39, 0.29) is 5.91 Å². The summed E-state index contributed by atoms with van der Waals surface area (Å²) in [6, 6.07) is 7.64. The van der Waals surface area contributed by atoms with Crippen LogP contribution in [-0.4, -0.2) is 58.9 Å². The predicted molar refractivity (Wildman–Crippen MR) is 118 cm³/mol. The van der Waals surface area contributed by atoms with Crippen LogP contribution in [0.5, 0.6) is 5.75 Å². The first kappa shape index (κ1) is 21.3. The quantitative estimate of drug-likeness (QED) is 0.532. The number of likely N-dealkylation sites (N-methyl/N-ethyl adjacent to an activating group) is 1. The minimum absolute atomic E-state index is 0.0642. The zero-order valence-corrected chi connectivity index (χ0v) is 18.6. The van der Waals surface area contributed by atoms with Crippen molar-refractivity contribution in [1.29, 1.82) is 0 Å². The molecule has 0 atom stereocenters. The molecule has 156 valence electrons. The third-order valence-electron chi connectivity index (χ3n) is 5.02. The van der Waals surface area contributed by atoms with Crippen LogP contribution >= 0.6 is 11.3 Å². The summed E-state index contributed by atoms with van der Waals surface area (Å²) in [5.41, 5.74) is 2.31. The molecule has 0 bridgehead atoms. The van der Waals surface area contributed by atoms with Crippen LogP contribution < -0.4 is 9.64 Å². The van der Waals surface area contributed by atoms with Crippen molar-refractivity contribution in [2.24, 2.45) is 0 Å². The Hall–Kier alpha value is -2.45. The van der Waals surface area contributed by atoms with E-state index in [1.807, 2.05) is 38.1 Å². The Labute approximate surface area is 175 Å². The Balaban J connectivity index is 1.99. The Bertz CT molecular complexity index is 977. The van der Waals surface area contributed by atoms with Gasteiger partial charge >= 0.3 is 0 Å². The molecule has 0 saturated heterocycles. The molecule has 0 saturated carbocycles. The fourth-order valence-electron chi connectivity index (χ4n) is 3.30. The van der Waals surface area contributed by atoms with Gasteiger partial charge in [0.05, 0.1) is 23.0 Å². The molecule has 3 aromatic rings. The second-order valence-electron chi connectivity index (χ2n) is 6.80. The van der Waals surface area contributed by atoms with Crippen molar-refractivity contribution in [2.75, 3.05) is 38.2 Å². The molecule has 7 nitrogen and oxygen atoms in total. The highest BCUT2D eigenvalue weighted by Gasteiger charge is 2.25. The van der Waals surface area contributed by atoms with E-state index >= 15 is 0 Å². The molecule has 1 aromatic carbocycles. The first-order chi connectivity index (χ1) is 14.0. The second-order valence-corrected chi connectivity index (χ2v) is 7.81. The van der Waals surface area contributed by atoms with Crippen LogP contribution in [0.4, 0.5) is 5.13 Å². The van der Waals surface area contributed by atoms with Gasteiger partial charge in [-0.1, -0.05) is 25.2 Å². The van der Waals surface area contributed by atoms with Crippen molar-refractivity contribution in [1.82, 2.24) is 19.7 Å². The van der Waals surface area contributed by atoms with Crippen LogP contribution in [0, 0.1) is 6.92 Å². The van der Waals surface area contributed by atoms with Crippen LogP contribution in [-0.2, 0) is 6.54 Å². The van der Waals surface area contributed by atoms with Gasteiger partial charge in [0.2, 0.25) is 0 Å². The lowest BCUT2D eigenvalue weighted by molar-refractivity contribution is 0.0973. The van der Waals surface area contributed by atoms with Crippen molar-refractivity contribution >= 4 is 32.6 Å². The van der Waals surface area contributed by atoms with Crippen molar-refractivity contribution in [3.63, 3.8) is 0 Å². The molecule has 0 fully saturated rings. The zero-order valence-electron chi connectivity index (χ0n) is 17.8. The zero-order chi connectivity index (χ0) is 21.0. The Morgan fingerprint density at radius 2 is 1.93 bits per heavy atom. The minimum atomic E-state index is -0.0642. The van der Waals surface area contributed by atoms with Crippen LogP contribution in [0.1, 0.15) is 37.0 Å². The molecule has 0 aliphatic carbocycles. The van der Waals surface area contributed by atoms with Crippen molar-refractivity contribution in [3.8, 4) is 5.75 Å². The monoisotopic (exact) mass is 415 g/mol. The lowest BCUT2D eigenvalue weighted by Crippen LogP contribution is -2.39. The highest BCUT2D eigenvalue weighted by atomic mass is 32.1. The minimum Gasteiger partial charge on any atom is -0.497 e. The molecule has 0 aliphatic rings. The Kier molecular flexibility index (Phi) is 6.87. The molecule has 1 amide bonds. The summed E-state index contributed by atoms with van der Waals surface area (Å²) in [7, 11) is 1.65. The number of aromatic nitrogens is 3. The highest BCUT2D eigenvalue weighted by Crippen LogP contribution is 2.32. The maximum Gasteiger partial charge on any atom is 0.278 e. The van der Waals surface area contributed by atoms with Crippen LogP contribution in [0.25, 0.3) is 10.2 Å². The molecular weight excluding hydrogens is 386 g/mol. The lowest BCUT2D eigenvalue weighted by Gasteiger charge is -2.24. The van der Waals surface area contributed by atoms with Crippen molar-refractivity contribution in [2.45, 2.75) is 34.2 Å². The third-order valence-corrected chi connectivity index (χ3v) is 6.06. The average molecular weight is 416 g/mol. The van der Waals surface area contributed by atoms with E-state index in [1.54, 1.807) is 16.7 Å². The number of rotatable bonds is 9. The molecule has 3 rings (SSSR count). The molecule has 2 aromatic heterocycles. The number of thiazole rings is 1. The largest absolute Gasteiger partial charge is 0.497 e. The Morgan fingerprint density at radius 3 is 2.59 bits per heavy atom. The number of nitrogens with zero attached hydrogens (tertiary/aromatic N) is 5.